The monoisotopic (exact) mass is 640 g/mol. The predicted octanol–water partition coefficient (Wildman–Crippen LogP) is 3.97. The van der Waals surface area contributed by atoms with Crippen LogP contribution in [0.15, 0.2) is 60.7 Å². The maximum Gasteiger partial charge on any atom is 0.269 e. The van der Waals surface area contributed by atoms with E-state index in [1.54, 1.807) is 50.2 Å². The largest absolute Gasteiger partial charge is 0.326 e. The molecule has 0 saturated heterocycles. The molecule has 0 unspecified atom stereocenters. The first-order chi connectivity index (χ1) is 20.9. The molecule has 3 aromatic carbocycles. The van der Waals surface area contributed by atoms with Gasteiger partial charge in [0.15, 0.2) is 0 Å². The average molecular weight is 642 g/mol. The number of hydrazine groups is 2. The van der Waals surface area contributed by atoms with Crippen molar-refractivity contribution in [2.24, 2.45) is 0 Å². The first-order valence-electron chi connectivity index (χ1n) is 13.3. The molecule has 0 radical (unpaired) electrons. The lowest BCUT2D eigenvalue weighted by Gasteiger charge is -2.11. The summed E-state index contributed by atoms with van der Waals surface area (Å²) in [6.07, 6.45) is -0.598. The number of anilines is 2. The van der Waals surface area contributed by atoms with Gasteiger partial charge in [-0.2, -0.15) is 0 Å². The van der Waals surface area contributed by atoms with Crippen molar-refractivity contribution in [2.45, 2.75) is 39.5 Å². The van der Waals surface area contributed by atoms with Crippen LogP contribution in [0.5, 0.6) is 0 Å². The summed E-state index contributed by atoms with van der Waals surface area (Å²) in [5.74, 6) is -3.25. The zero-order valence-electron chi connectivity index (χ0n) is 23.8. The van der Waals surface area contributed by atoms with Crippen molar-refractivity contribution in [3.05, 3.63) is 93.0 Å². The van der Waals surface area contributed by atoms with Gasteiger partial charge in [-0.1, -0.05) is 35.3 Å². The first kappa shape index (κ1) is 33.6. The third kappa shape index (κ3) is 10.1. The summed E-state index contributed by atoms with van der Waals surface area (Å²) in [5, 5.41) is 6.37. The molecule has 0 bridgehead atoms. The van der Waals surface area contributed by atoms with E-state index in [2.05, 4.69) is 32.3 Å². The minimum Gasteiger partial charge on any atom is -0.326 e. The third-order valence-electron chi connectivity index (χ3n) is 6.28. The molecule has 12 nitrogen and oxygen atoms in total. The molecule has 6 amide bonds. The van der Waals surface area contributed by atoms with Crippen molar-refractivity contribution < 1.29 is 28.8 Å². The molecule has 0 aliphatic carbocycles. The smallest absolute Gasteiger partial charge is 0.269 e. The first-order valence-corrected chi connectivity index (χ1v) is 14.1. The molecule has 230 valence electrons. The fourth-order valence-electron chi connectivity index (χ4n) is 3.66. The standard InChI is InChI=1S/C30H30Cl2N6O6/c1-17-21(31)5-3-7-23(17)33-25(39)13-15-27(41)35-37-29(43)19-9-11-20(12-10-19)30(44)38-36-28(42)16-14-26(40)34-24-8-4-6-22(32)18(24)2/h3-12H,13-16H2,1-2H3,(H,33,39)(H,34,40)(H,35,41)(H,36,42)(H,37,43)(H,38,44). The number of carbonyl (C=O) groups excluding carboxylic acids is 6. The number of amides is 6. The molecule has 0 saturated carbocycles. The maximum absolute atomic E-state index is 12.4. The van der Waals surface area contributed by atoms with E-state index in [-0.39, 0.29) is 36.8 Å². The summed E-state index contributed by atoms with van der Waals surface area (Å²) in [5.41, 5.74) is 11.7. The van der Waals surface area contributed by atoms with Gasteiger partial charge in [0.2, 0.25) is 23.6 Å². The highest BCUT2D eigenvalue weighted by Gasteiger charge is 2.14. The quantitative estimate of drug-likeness (QED) is 0.183. The SMILES string of the molecule is Cc1c(Cl)cccc1NC(=O)CCC(=O)NNC(=O)c1ccc(C(=O)NNC(=O)CCC(=O)Nc2cccc(Cl)c2C)cc1. The molecule has 3 rings (SSSR count). The van der Waals surface area contributed by atoms with E-state index in [0.717, 1.165) is 0 Å². The lowest BCUT2D eigenvalue weighted by Crippen LogP contribution is -2.42. The number of hydrogen-bond donors (Lipinski definition) is 6. The molecule has 0 fully saturated rings. The number of rotatable bonds is 10. The average Bonchev–Trinajstić information content (AvgIpc) is 3.01. The van der Waals surface area contributed by atoms with Crippen molar-refractivity contribution >= 4 is 70.0 Å². The van der Waals surface area contributed by atoms with E-state index in [1.165, 1.54) is 24.3 Å². The predicted molar refractivity (Wildman–Crippen MR) is 166 cm³/mol. The minimum atomic E-state index is -0.649. The minimum absolute atomic E-state index is 0.121. The summed E-state index contributed by atoms with van der Waals surface area (Å²) in [4.78, 5) is 73.2. The molecule has 0 spiro atoms. The molecule has 0 aromatic heterocycles. The Morgan fingerprint density at radius 2 is 0.841 bits per heavy atom. The third-order valence-corrected chi connectivity index (χ3v) is 7.10. The van der Waals surface area contributed by atoms with Crippen molar-refractivity contribution in [1.29, 1.82) is 0 Å². The fourth-order valence-corrected chi connectivity index (χ4v) is 4.01. The number of benzene rings is 3. The highest BCUT2D eigenvalue weighted by atomic mass is 35.5. The lowest BCUT2D eigenvalue weighted by atomic mass is 10.1. The molecule has 0 atom stereocenters. The van der Waals surface area contributed by atoms with E-state index in [4.69, 9.17) is 23.2 Å². The van der Waals surface area contributed by atoms with Gasteiger partial charge in [-0.15, -0.1) is 0 Å². The Morgan fingerprint density at radius 3 is 1.20 bits per heavy atom. The van der Waals surface area contributed by atoms with Crippen LogP contribution in [0.3, 0.4) is 0 Å². The Balaban J connectivity index is 1.35. The molecular weight excluding hydrogens is 611 g/mol. The second-order valence-corrected chi connectivity index (χ2v) is 10.3. The van der Waals surface area contributed by atoms with E-state index >= 15 is 0 Å². The van der Waals surface area contributed by atoms with Gasteiger partial charge in [0.1, 0.15) is 0 Å². The Morgan fingerprint density at radius 1 is 0.500 bits per heavy atom. The second-order valence-electron chi connectivity index (χ2n) is 9.50. The molecule has 44 heavy (non-hydrogen) atoms. The van der Waals surface area contributed by atoms with Crippen molar-refractivity contribution in [3.8, 4) is 0 Å². The number of carbonyl (C=O) groups is 6. The molecule has 0 aliphatic heterocycles. The van der Waals surface area contributed by atoms with E-state index in [9.17, 15) is 28.8 Å². The van der Waals surface area contributed by atoms with Gasteiger partial charge in [-0.25, -0.2) is 0 Å². The van der Waals surface area contributed by atoms with Crippen LogP contribution in [-0.2, 0) is 19.2 Å². The highest BCUT2D eigenvalue weighted by molar-refractivity contribution is 6.32. The molecule has 0 aliphatic rings. The van der Waals surface area contributed by atoms with Crippen molar-refractivity contribution in [3.63, 3.8) is 0 Å². The molecular formula is C30H30Cl2N6O6. The van der Waals surface area contributed by atoms with Gasteiger partial charge < -0.3 is 10.6 Å². The molecule has 6 N–H and O–H groups in total. The zero-order valence-corrected chi connectivity index (χ0v) is 25.3. The van der Waals surface area contributed by atoms with Gasteiger partial charge in [0, 0.05) is 58.2 Å². The Hall–Kier alpha value is -4.94. The second kappa shape index (κ2) is 16.1. The zero-order chi connectivity index (χ0) is 32.2. The Kier molecular flexibility index (Phi) is 12.2. The number of hydrogen-bond acceptors (Lipinski definition) is 6. The van der Waals surface area contributed by atoms with E-state index in [1.807, 2.05) is 0 Å². The lowest BCUT2D eigenvalue weighted by molar-refractivity contribution is -0.125. The summed E-state index contributed by atoms with van der Waals surface area (Å²) in [7, 11) is 0. The van der Waals surface area contributed by atoms with Gasteiger partial charge in [-0.05, 0) is 73.5 Å². The van der Waals surface area contributed by atoms with Gasteiger partial charge in [0.25, 0.3) is 11.8 Å². The molecule has 3 aromatic rings. The van der Waals surface area contributed by atoms with E-state index < -0.39 is 35.4 Å². The Labute approximate surface area is 263 Å². The van der Waals surface area contributed by atoms with Crippen LogP contribution >= 0.6 is 23.2 Å². The molecule has 0 heterocycles. The highest BCUT2D eigenvalue weighted by Crippen LogP contribution is 2.24. The normalized spacial score (nSPS) is 10.3. The van der Waals surface area contributed by atoms with Crippen LogP contribution in [-0.4, -0.2) is 35.4 Å². The van der Waals surface area contributed by atoms with Crippen molar-refractivity contribution in [1.82, 2.24) is 21.7 Å². The number of halogens is 2. The molecule has 14 heteroatoms. The van der Waals surface area contributed by atoms with Crippen LogP contribution in [0.4, 0.5) is 11.4 Å². The maximum atomic E-state index is 12.4. The van der Waals surface area contributed by atoms with Gasteiger partial charge >= 0.3 is 0 Å². The fraction of sp³-hybridized carbons (Fsp3) is 0.200. The number of nitrogens with one attached hydrogen (secondary N) is 6. The van der Waals surface area contributed by atoms with Crippen LogP contribution in [0.2, 0.25) is 10.0 Å². The van der Waals surface area contributed by atoms with Gasteiger partial charge in [0.05, 0.1) is 0 Å². The summed E-state index contributed by atoms with van der Waals surface area (Å²) in [6, 6.07) is 15.6. The van der Waals surface area contributed by atoms with Gasteiger partial charge in [-0.3, -0.25) is 50.5 Å². The summed E-state index contributed by atoms with van der Waals surface area (Å²) >= 11 is 12.1. The van der Waals surface area contributed by atoms with Crippen molar-refractivity contribution in [2.75, 3.05) is 10.6 Å². The van der Waals surface area contributed by atoms with Crippen LogP contribution in [0, 0.1) is 13.8 Å². The summed E-state index contributed by atoms with van der Waals surface area (Å²) in [6.45, 7) is 3.51. The Bertz CT molecular complexity index is 1460. The van der Waals surface area contributed by atoms with Crippen LogP contribution in [0.25, 0.3) is 0 Å². The van der Waals surface area contributed by atoms with Crippen LogP contribution < -0.4 is 32.3 Å². The topological polar surface area (TPSA) is 175 Å². The van der Waals surface area contributed by atoms with E-state index in [0.29, 0.717) is 32.5 Å². The summed E-state index contributed by atoms with van der Waals surface area (Å²) < 4.78 is 0. The van der Waals surface area contributed by atoms with Crippen LogP contribution in [0.1, 0.15) is 57.5 Å².